The van der Waals surface area contributed by atoms with Crippen LogP contribution in [0.25, 0.3) is 0 Å². The van der Waals surface area contributed by atoms with E-state index in [2.05, 4.69) is 12.2 Å². The molecular formula is C16H24N2O. The van der Waals surface area contributed by atoms with Gasteiger partial charge in [-0.15, -0.1) is 0 Å². The van der Waals surface area contributed by atoms with Crippen LogP contribution in [0.1, 0.15) is 43.4 Å². The summed E-state index contributed by atoms with van der Waals surface area (Å²) in [7, 11) is 0. The van der Waals surface area contributed by atoms with Crippen molar-refractivity contribution in [2.45, 2.75) is 39.2 Å². The van der Waals surface area contributed by atoms with Crippen molar-refractivity contribution in [1.82, 2.24) is 5.32 Å². The van der Waals surface area contributed by atoms with Crippen LogP contribution in [0.4, 0.5) is 0 Å². The van der Waals surface area contributed by atoms with Gasteiger partial charge in [-0.1, -0.05) is 43.2 Å². The standard InChI is InChI=1S/C16H24N2O/c1-11-4-7-14(8-5-11)15(17)16(19)18-10-13-6-3-12(2)9-13/h4-5,7-8,12-13,15H,3,6,9-10,17H2,1-2H3,(H,18,19). The maximum absolute atomic E-state index is 12.0. The third-order valence-corrected chi connectivity index (χ3v) is 4.09. The number of hydrogen-bond donors (Lipinski definition) is 2. The molecule has 1 aromatic carbocycles. The average Bonchev–Trinajstić information content (AvgIpc) is 2.82. The molecule has 0 spiro atoms. The van der Waals surface area contributed by atoms with E-state index in [0.717, 1.165) is 18.0 Å². The summed E-state index contributed by atoms with van der Waals surface area (Å²) in [6, 6.07) is 7.27. The van der Waals surface area contributed by atoms with Gasteiger partial charge >= 0.3 is 0 Å². The molecule has 1 aliphatic rings. The molecule has 3 atom stereocenters. The molecule has 3 N–H and O–H groups in total. The lowest BCUT2D eigenvalue weighted by atomic mass is 10.0. The first kappa shape index (κ1) is 14.1. The highest BCUT2D eigenvalue weighted by molar-refractivity contribution is 5.82. The highest BCUT2D eigenvalue weighted by Gasteiger charge is 2.23. The minimum absolute atomic E-state index is 0.0663. The van der Waals surface area contributed by atoms with Gasteiger partial charge in [0, 0.05) is 6.54 Å². The second-order valence-corrected chi connectivity index (χ2v) is 5.92. The molecule has 104 valence electrons. The molecule has 1 fully saturated rings. The first-order valence-corrected chi connectivity index (χ1v) is 7.16. The molecule has 0 aromatic heterocycles. The van der Waals surface area contributed by atoms with Crippen LogP contribution in [0.15, 0.2) is 24.3 Å². The van der Waals surface area contributed by atoms with Gasteiger partial charge in [0.25, 0.3) is 0 Å². The van der Waals surface area contributed by atoms with E-state index in [4.69, 9.17) is 5.73 Å². The predicted molar refractivity (Wildman–Crippen MR) is 77.6 cm³/mol. The molecule has 0 saturated heterocycles. The van der Waals surface area contributed by atoms with Crippen molar-refractivity contribution in [3.63, 3.8) is 0 Å². The molecular weight excluding hydrogens is 236 g/mol. The molecule has 19 heavy (non-hydrogen) atoms. The van der Waals surface area contributed by atoms with Crippen LogP contribution in [0.2, 0.25) is 0 Å². The van der Waals surface area contributed by atoms with E-state index in [9.17, 15) is 4.79 Å². The number of amides is 1. The number of hydrogen-bond acceptors (Lipinski definition) is 2. The molecule has 1 saturated carbocycles. The summed E-state index contributed by atoms with van der Waals surface area (Å²) in [6.45, 7) is 5.07. The molecule has 0 heterocycles. The molecule has 2 rings (SSSR count). The second kappa shape index (κ2) is 6.20. The summed E-state index contributed by atoms with van der Waals surface area (Å²) in [5.74, 6) is 1.36. The smallest absolute Gasteiger partial charge is 0.241 e. The summed E-state index contributed by atoms with van der Waals surface area (Å²) < 4.78 is 0. The molecule has 3 nitrogen and oxygen atoms in total. The van der Waals surface area contributed by atoms with Crippen LogP contribution in [0.5, 0.6) is 0 Å². The Hall–Kier alpha value is -1.35. The fourth-order valence-electron chi connectivity index (χ4n) is 2.79. The Morgan fingerprint density at radius 3 is 2.63 bits per heavy atom. The van der Waals surface area contributed by atoms with Gasteiger partial charge in [0.2, 0.25) is 5.91 Å². The number of benzene rings is 1. The normalized spacial score (nSPS) is 24.2. The molecule has 3 unspecified atom stereocenters. The zero-order valence-electron chi connectivity index (χ0n) is 11.9. The maximum atomic E-state index is 12.0. The fraction of sp³-hybridized carbons (Fsp3) is 0.562. The van der Waals surface area contributed by atoms with Gasteiger partial charge in [0.1, 0.15) is 6.04 Å². The van der Waals surface area contributed by atoms with E-state index in [1.165, 1.54) is 24.8 Å². The number of rotatable bonds is 4. The zero-order valence-corrected chi connectivity index (χ0v) is 11.9. The Balaban J connectivity index is 1.84. The van der Waals surface area contributed by atoms with E-state index < -0.39 is 6.04 Å². The van der Waals surface area contributed by atoms with Crippen LogP contribution in [0, 0.1) is 18.8 Å². The van der Waals surface area contributed by atoms with Crippen LogP contribution in [-0.4, -0.2) is 12.5 Å². The minimum atomic E-state index is -0.556. The van der Waals surface area contributed by atoms with E-state index in [0.29, 0.717) is 5.92 Å². The highest BCUT2D eigenvalue weighted by Crippen LogP contribution is 2.29. The van der Waals surface area contributed by atoms with Crippen molar-refractivity contribution >= 4 is 5.91 Å². The van der Waals surface area contributed by atoms with Crippen LogP contribution in [0.3, 0.4) is 0 Å². The van der Waals surface area contributed by atoms with E-state index in [1.54, 1.807) is 0 Å². The molecule has 3 heteroatoms. The Morgan fingerprint density at radius 2 is 2.05 bits per heavy atom. The average molecular weight is 260 g/mol. The third kappa shape index (κ3) is 3.80. The van der Waals surface area contributed by atoms with Gasteiger partial charge in [0.15, 0.2) is 0 Å². The largest absolute Gasteiger partial charge is 0.354 e. The molecule has 0 bridgehead atoms. The second-order valence-electron chi connectivity index (χ2n) is 5.92. The SMILES string of the molecule is Cc1ccc(C(N)C(=O)NCC2CCC(C)C2)cc1. The Bertz CT molecular complexity index is 427. The van der Waals surface area contributed by atoms with Gasteiger partial charge in [-0.3, -0.25) is 4.79 Å². The molecule has 0 radical (unpaired) electrons. The number of nitrogens with two attached hydrogens (primary N) is 1. The third-order valence-electron chi connectivity index (χ3n) is 4.09. The molecule has 1 amide bonds. The van der Waals surface area contributed by atoms with Gasteiger partial charge in [-0.2, -0.15) is 0 Å². The van der Waals surface area contributed by atoms with E-state index >= 15 is 0 Å². The summed E-state index contributed by atoms with van der Waals surface area (Å²) in [6.07, 6.45) is 3.73. The summed E-state index contributed by atoms with van der Waals surface area (Å²) >= 11 is 0. The van der Waals surface area contributed by atoms with Crippen molar-refractivity contribution in [2.75, 3.05) is 6.54 Å². The van der Waals surface area contributed by atoms with Gasteiger partial charge < -0.3 is 11.1 Å². The Kier molecular flexibility index (Phi) is 4.59. The van der Waals surface area contributed by atoms with Gasteiger partial charge in [-0.25, -0.2) is 0 Å². The van der Waals surface area contributed by atoms with Crippen LogP contribution >= 0.6 is 0 Å². The summed E-state index contributed by atoms with van der Waals surface area (Å²) in [5, 5.41) is 2.99. The molecule has 1 aromatic rings. The summed E-state index contributed by atoms with van der Waals surface area (Å²) in [5.41, 5.74) is 8.04. The Labute approximate surface area is 115 Å². The highest BCUT2D eigenvalue weighted by atomic mass is 16.2. The van der Waals surface area contributed by atoms with Crippen molar-refractivity contribution in [1.29, 1.82) is 0 Å². The molecule has 1 aliphatic carbocycles. The van der Waals surface area contributed by atoms with Crippen LogP contribution < -0.4 is 11.1 Å². The van der Waals surface area contributed by atoms with Gasteiger partial charge in [-0.05, 0) is 37.2 Å². The predicted octanol–water partition coefficient (Wildman–Crippen LogP) is 2.55. The maximum Gasteiger partial charge on any atom is 0.241 e. The van der Waals surface area contributed by atoms with E-state index in [-0.39, 0.29) is 5.91 Å². The van der Waals surface area contributed by atoms with Crippen molar-refractivity contribution < 1.29 is 4.79 Å². The number of carbonyl (C=O) groups is 1. The zero-order chi connectivity index (χ0) is 13.8. The quantitative estimate of drug-likeness (QED) is 0.874. The number of carbonyl (C=O) groups excluding carboxylic acids is 1. The fourth-order valence-corrected chi connectivity index (χ4v) is 2.79. The summed E-state index contributed by atoms with van der Waals surface area (Å²) in [4.78, 5) is 12.0. The minimum Gasteiger partial charge on any atom is -0.354 e. The lowest BCUT2D eigenvalue weighted by Gasteiger charge is -2.15. The monoisotopic (exact) mass is 260 g/mol. The van der Waals surface area contributed by atoms with Crippen molar-refractivity contribution in [3.8, 4) is 0 Å². The lowest BCUT2D eigenvalue weighted by molar-refractivity contribution is -0.122. The van der Waals surface area contributed by atoms with E-state index in [1.807, 2.05) is 31.2 Å². The van der Waals surface area contributed by atoms with Gasteiger partial charge in [0.05, 0.1) is 0 Å². The Morgan fingerprint density at radius 1 is 1.37 bits per heavy atom. The number of nitrogens with one attached hydrogen (secondary N) is 1. The van der Waals surface area contributed by atoms with Crippen LogP contribution in [-0.2, 0) is 4.79 Å². The number of aryl methyl sites for hydroxylation is 1. The molecule has 0 aliphatic heterocycles. The topological polar surface area (TPSA) is 55.1 Å². The van der Waals surface area contributed by atoms with Crippen molar-refractivity contribution in [2.24, 2.45) is 17.6 Å². The first-order valence-electron chi connectivity index (χ1n) is 7.16. The first-order chi connectivity index (χ1) is 9.06. The lowest BCUT2D eigenvalue weighted by Crippen LogP contribution is -2.36. The van der Waals surface area contributed by atoms with Crippen molar-refractivity contribution in [3.05, 3.63) is 35.4 Å².